The van der Waals surface area contributed by atoms with E-state index < -0.39 is 0 Å². The van der Waals surface area contributed by atoms with Gasteiger partial charge in [0.05, 0.1) is 0 Å². The van der Waals surface area contributed by atoms with E-state index in [9.17, 15) is 0 Å². The third-order valence-electron chi connectivity index (χ3n) is 6.20. The molecule has 0 amide bonds. The standard InChI is InChI=1S/C25H56P4/c1-20(2)26(15-13-17-28(22(5)6)23(7)8)19-27(21(3)4)16-14-18-29(24(9)10)25(11)12/h20-25H,13-19H2,1-12H3. The van der Waals surface area contributed by atoms with Gasteiger partial charge in [0.1, 0.15) is 0 Å². The highest BCUT2D eigenvalue weighted by atomic mass is 31.2. The summed E-state index contributed by atoms with van der Waals surface area (Å²) >= 11 is 0. The van der Waals surface area contributed by atoms with Crippen molar-refractivity contribution >= 4 is 31.7 Å². The van der Waals surface area contributed by atoms with Gasteiger partial charge in [-0.15, -0.1) is 15.8 Å². The molecule has 2 unspecified atom stereocenters. The van der Waals surface area contributed by atoms with E-state index in [4.69, 9.17) is 0 Å². The third kappa shape index (κ3) is 13.1. The third-order valence-corrected chi connectivity index (χ3v) is 20.8. The SMILES string of the molecule is CC(C)P(CCCP(C(C)C)C(C)C)CP(CCCP(C(C)C)C(C)C)C(C)C. The fourth-order valence-corrected chi connectivity index (χ4v) is 18.1. The van der Waals surface area contributed by atoms with Crippen molar-refractivity contribution in [3.63, 3.8) is 0 Å². The van der Waals surface area contributed by atoms with Gasteiger partial charge in [0.2, 0.25) is 0 Å². The van der Waals surface area contributed by atoms with Crippen molar-refractivity contribution in [2.24, 2.45) is 0 Å². The molecule has 2 atom stereocenters. The van der Waals surface area contributed by atoms with Crippen molar-refractivity contribution in [1.82, 2.24) is 0 Å². The number of rotatable bonds is 16. The van der Waals surface area contributed by atoms with E-state index in [1.54, 1.807) is 18.2 Å². The average molecular weight is 481 g/mol. The average Bonchev–Trinajstić information content (AvgIpc) is 2.57. The molecule has 0 radical (unpaired) electrons. The van der Waals surface area contributed by atoms with Crippen LogP contribution in [-0.4, -0.2) is 64.5 Å². The van der Waals surface area contributed by atoms with E-state index in [-0.39, 0.29) is 31.7 Å². The molecule has 176 valence electrons. The van der Waals surface area contributed by atoms with Crippen LogP contribution in [0, 0.1) is 0 Å². The Morgan fingerprint density at radius 2 is 0.655 bits per heavy atom. The first-order valence-electron chi connectivity index (χ1n) is 12.4. The molecule has 0 saturated carbocycles. The van der Waals surface area contributed by atoms with E-state index >= 15 is 0 Å². The highest BCUT2D eigenvalue weighted by molar-refractivity contribution is 7.75. The first-order chi connectivity index (χ1) is 13.4. The molecule has 0 aliphatic heterocycles. The van der Waals surface area contributed by atoms with Crippen LogP contribution in [0.4, 0.5) is 0 Å². The summed E-state index contributed by atoms with van der Waals surface area (Å²) in [4.78, 5) is 0. The van der Waals surface area contributed by atoms with Crippen molar-refractivity contribution in [1.29, 1.82) is 0 Å². The maximum Gasteiger partial charge on any atom is -0.0116 e. The Bertz CT molecular complexity index is 338. The van der Waals surface area contributed by atoms with Crippen LogP contribution in [0.2, 0.25) is 0 Å². The first-order valence-corrected chi connectivity index (χ1v) is 19.3. The van der Waals surface area contributed by atoms with Gasteiger partial charge in [-0.2, -0.15) is 0 Å². The van der Waals surface area contributed by atoms with Gasteiger partial charge in [-0.3, -0.25) is 0 Å². The Kier molecular flexibility index (Phi) is 17.3. The van der Waals surface area contributed by atoms with E-state index in [1.165, 1.54) is 25.2 Å². The highest BCUT2D eigenvalue weighted by Crippen LogP contribution is 2.58. The molecular weight excluding hydrogens is 424 g/mol. The van der Waals surface area contributed by atoms with Crippen LogP contribution in [0.25, 0.3) is 0 Å². The predicted octanol–water partition coefficient (Wildman–Crippen LogP) is 10.1. The van der Waals surface area contributed by atoms with Crippen molar-refractivity contribution in [3.8, 4) is 0 Å². The summed E-state index contributed by atoms with van der Waals surface area (Å²) in [7, 11) is 0.908. The van der Waals surface area contributed by atoms with Crippen LogP contribution < -0.4 is 0 Å². The molecule has 0 aliphatic carbocycles. The Hall–Kier alpha value is 1.72. The molecule has 0 aromatic heterocycles. The van der Waals surface area contributed by atoms with Crippen LogP contribution in [-0.2, 0) is 0 Å². The largest absolute Gasteiger partial charge is 0.101 e. The zero-order chi connectivity index (χ0) is 22.7. The Morgan fingerprint density at radius 3 is 0.862 bits per heavy atom. The Balaban J connectivity index is 4.72. The second-order valence-corrected chi connectivity index (χ2v) is 24.0. The topological polar surface area (TPSA) is 0 Å². The molecule has 0 aromatic carbocycles. The molecule has 0 aliphatic rings. The minimum absolute atomic E-state index is 0.227. The van der Waals surface area contributed by atoms with Crippen LogP contribution in [0.1, 0.15) is 95.9 Å². The fourth-order valence-electron chi connectivity index (χ4n) is 4.36. The monoisotopic (exact) mass is 480 g/mol. The van der Waals surface area contributed by atoms with Gasteiger partial charge >= 0.3 is 0 Å². The van der Waals surface area contributed by atoms with Crippen molar-refractivity contribution < 1.29 is 0 Å². The molecule has 0 fully saturated rings. The molecule has 0 aromatic rings. The second kappa shape index (κ2) is 16.4. The summed E-state index contributed by atoms with van der Waals surface area (Å²) in [5, 5.41) is 0. The maximum atomic E-state index is 2.52. The zero-order valence-corrected chi connectivity index (χ0v) is 25.8. The molecule has 0 N–H and O–H groups in total. The predicted molar refractivity (Wildman–Crippen MR) is 152 cm³/mol. The van der Waals surface area contributed by atoms with E-state index in [1.807, 2.05) is 0 Å². The van der Waals surface area contributed by atoms with Crippen molar-refractivity contribution in [2.75, 3.05) is 30.6 Å². The van der Waals surface area contributed by atoms with Gasteiger partial charge in [0.25, 0.3) is 0 Å². The normalized spacial score (nSPS) is 15.3. The molecule has 0 saturated heterocycles. The van der Waals surface area contributed by atoms with E-state index in [0.717, 1.165) is 34.0 Å². The highest BCUT2D eigenvalue weighted by Gasteiger charge is 2.23. The smallest absolute Gasteiger partial charge is 0.0116 e. The summed E-state index contributed by atoms with van der Waals surface area (Å²) < 4.78 is 0. The molecule has 0 nitrogen and oxygen atoms in total. The zero-order valence-electron chi connectivity index (χ0n) is 22.2. The fraction of sp³-hybridized carbons (Fsp3) is 1.00. The molecule has 4 heteroatoms. The van der Waals surface area contributed by atoms with Crippen molar-refractivity contribution in [2.45, 2.75) is 130 Å². The van der Waals surface area contributed by atoms with Gasteiger partial charge in [0.15, 0.2) is 0 Å². The molecular formula is C25H56P4. The summed E-state index contributed by atoms with van der Waals surface area (Å²) in [6.45, 7) is 29.7. The van der Waals surface area contributed by atoms with Gasteiger partial charge < -0.3 is 0 Å². The van der Waals surface area contributed by atoms with Crippen LogP contribution >= 0.6 is 31.7 Å². The Morgan fingerprint density at radius 1 is 0.379 bits per heavy atom. The summed E-state index contributed by atoms with van der Waals surface area (Å²) in [6.07, 6.45) is 9.12. The minimum Gasteiger partial charge on any atom is -0.101 e. The van der Waals surface area contributed by atoms with E-state index in [0.29, 0.717) is 0 Å². The second-order valence-electron chi connectivity index (χ2n) is 10.5. The van der Waals surface area contributed by atoms with E-state index in [2.05, 4.69) is 83.1 Å². The lowest BCUT2D eigenvalue weighted by atomic mass is 10.5. The Labute approximate surface area is 191 Å². The molecule has 0 bridgehead atoms. The first kappa shape index (κ1) is 30.7. The molecule has 0 heterocycles. The number of hydrogen-bond donors (Lipinski definition) is 0. The molecule has 29 heavy (non-hydrogen) atoms. The van der Waals surface area contributed by atoms with Crippen LogP contribution in [0.3, 0.4) is 0 Å². The molecule has 0 spiro atoms. The quantitative estimate of drug-likeness (QED) is 0.193. The summed E-state index contributed by atoms with van der Waals surface area (Å²) in [5.41, 5.74) is 5.45. The lowest BCUT2D eigenvalue weighted by molar-refractivity contribution is 0.964. The minimum atomic E-state index is 0.227. The van der Waals surface area contributed by atoms with Gasteiger partial charge in [-0.25, -0.2) is 0 Å². The lowest BCUT2D eigenvalue weighted by Gasteiger charge is -2.32. The van der Waals surface area contributed by atoms with Crippen LogP contribution in [0.5, 0.6) is 0 Å². The maximum absolute atomic E-state index is 2.52. The summed E-state index contributed by atoms with van der Waals surface area (Å²) in [6, 6.07) is 0. The number of hydrogen-bond acceptors (Lipinski definition) is 0. The van der Waals surface area contributed by atoms with Crippen LogP contribution in [0.15, 0.2) is 0 Å². The van der Waals surface area contributed by atoms with Crippen molar-refractivity contribution in [3.05, 3.63) is 0 Å². The van der Waals surface area contributed by atoms with Gasteiger partial charge in [0, 0.05) is 0 Å². The summed E-state index contributed by atoms with van der Waals surface area (Å²) in [5.74, 6) is 1.60. The lowest BCUT2D eigenvalue weighted by Crippen LogP contribution is -2.11. The van der Waals surface area contributed by atoms with Gasteiger partial charge in [-0.05, 0) is 77.3 Å². The van der Waals surface area contributed by atoms with Gasteiger partial charge in [-0.1, -0.05) is 98.9 Å². The molecule has 0 rings (SSSR count).